The van der Waals surface area contributed by atoms with Gasteiger partial charge in [-0.2, -0.15) is 0 Å². The number of rotatable bonds is 2. The van der Waals surface area contributed by atoms with E-state index in [2.05, 4.69) is 54.7 Å². The van der Waals surface area contributed by atoms with E-state index in [1.807, 2.05) is 6.20 Å². The van der Waals surface area contributed by atoms with Crippen molar-refractivity contribution >= 4 is 28.6 Å². The zero-order valence-electron chi connectivity index (χ0n) is 11.9. The van der Waals surface area contributed by atoms with Gasteiger partial charge in [0, 0.05) is 10.7 Å². The van der Waals surface area contributed by atoms with Crippen LogP contribution in [-0.2, 0) is 9.31 Å². The van der Waals surface area contributed by atoms with Crippen molar-refractivity contribution in [2.75, 3.05) is 0 Å². The second kappa shape index (κ2) is 4.30. The minimum Gasteiger partial charge on any atom is -0.398 e. The topological polar surface area (TPSA) is 31.4 Å². The summed E-state index contributed by atoms with van der Waals surface area (Å²) >= 11 is 3.58. The van der Waals surface area contributed by atoms with Gasteiger partial charge >= 0.3 is 7.12 Å². The molecule has 0 bridgehead atoms. The highest BCUT2D eigenvalue weighted by molar-refractivity contribution is 9.10. The van der Waals surface area contributed by atoms with Crippen molar-refractivity contribution in [1.29, 1.82) is 0 Å². The first kappa shape index (κ1) is 13.6. The van der Waals surface area contributed by atoms with E-state index in [0.717, 1.165) is 10.1 Å². The molecule has 19 heavy (non-hydrogen) atoms. The lowest BCUT2D eigenvalue weighted by Crippen LogP contribution is -2.41. The third-order valence-electron chi connectivity index (χ3n) is 4.42. The summed E-state index contributed by atoms with van der Waals surface area (Å²) in [6.45, 7) is 8.25. The van der Waals surface area contributed by atoms with Crippen molar-refractivity contribution in [1.82, 2.24) is 4.98 Å². The quantitative estimate of drug-likeness (QED) is 0.784. The van der Waals surface area contributed by atoms with Crippen LogP contribution in [0.4, 0.5) is 0 Å². The van der Waals surface area contributed by atoms with Gasteiger partial charge in [0.2, 0.25) is 0 Å². The molecule has 0 unspecified atom stereocenters. The van der Waals surface area contributed by atoms with Crippen molar-refractivity contribution in [2.24, 2.45) is 0 Å². The fourth-order valence-corrected chi connectivity index (χ4v) is 2.81. The molecule has 0 aromatic carbocycles. The molecule has 0 radical (unpaired) electrons. The van der Waals surface area contributed by atoms with Gasteiger partial charge in [0.15, 0.2) is 0 Å². The van der Waals surface area contributed by atoms with Crippen LogP contribution < -0.4 is 5.59 Å². The number of halogens is 1. The van der Waals surface area contributed by atoms with Crippen LogP contribution in [0.15, 0.2) is 16.7 Å². The van der Waals surface area contributed by atoms with Crippen LogP contribution in [0.25, 0.3) is 0 Å². The van der Waals surface area contributed by atoms with E-state index < -0.39 is 0 Å². The Morgan fingerprint density at radius 2 is 1.79 bits per heavy atom. The van der Waals surface area contributed by atoms with Crippen LogP contribution in [0.1, 0.15) is 52.0 Å². The van der Waals surface area contributed by atoms with Gasteiger partial charge in [0.25, 0.3) is 0 Å². The number of hydrogen-bond acceptors (Lipinski definition) is 3. The highest BCUT2D eigenvalue weighted by Gasteiger charge is 2.52. The summed E-state index contributed by atoms with van der Waals surface area (Å²) in [5.41, 5.74) is 1.58. The van der Waals surface area contributed by atoms with E-state index in [0.29, 0.717) is 5.92 Å². The van der Waals surface area contributed by atoms with Crippen molar-refractivity contribution in [2.45, 2.75) is 57.7 Å². The lowest BCUT2D eigenvalue weighted by molar-refractivity contribution is 0.00578. The number of aromatic nitrogens is 1. The van der Waals surface area contributed by atoms with Gasteiger partial charge in [0.05, 0.1) is 16.8 Å². The minimum atomic E-state index is -0.365. The van der Waals surface area contributed by atoms with Crippen molar-refractivity contribution in [3.05, 3.63) is 22.3 Å². The minimum absolute atomic E-state index is 0.313. The lowest BCUT2D eigenvalue weighted by atomic mass is 9.83. The van der Waals surface area contributed by atoms with Gasteiger partial charge < -0.3 is 9.31 Å². The second-order valence-corrected chi connectivity index (χ2v) is 7.35. The predicted molar refractivity (Wildman–Crippen MR) is 79.6 cm³/mol. The molecule has 3 nitrogen and oxygen atoms in total. The molecule has 3 rings (SSSR count). The molecule has 2 aliphatic rings. The van der Waals surface area contributed by atoms with Gasteiger partial charge in [-0.05, 0) is 74.0 Å². The molecule has 1 aliphatic carbocycles. The Morgan fingerprint density at radius 1 is 1.21 bits per heavy atom. The van der Waals surface area contributed by atoms with E-state index in [1.165, 1.54) is 18.4 Å². The van der Waals surface area contributed by atoms with Crippen molar-refractivity contribution in [3.63, 3.8) is 0 Å². The maximum atomic E-state index is 6.05. The fourth-order valence-electron chi connectivity index (χ4n) is 2.27. The van der Waals surface area contributed by atoms with Crippen LogP contribution >= 0.6 is 15.9 Å². The average Bonchev–Trinajstić information content (AvgIpc) is 3.08. The SMILES string of the molecule is CC1(C)OB(c2cc(C3CC3)c(Br)cn2)OC1(C)C. The summed E-state index contributed by atoms with van der Waals surface area (Å²) in [5, 5.41) is 0. The first-order valence-corrected chi connectivity index (χ1v) is 7.60. The Bertz CT molecular complexity index is 498. The Labute approximate surface area is 123 Å². The highest BCUT2D eigenvalue weighted by Crippen LogP contribution is 2.43. The van der Waals surface area contributed by atoms with E-state index in [9.17, 15) is 0 Å². The predicted octanol–water partition coefficient (Wildman–Crippen LogP) is 3.02. The number of hydrogen-bond donors (Lipinski definition) is 0. The Kier molecular flexibility index (Phi) is 3.08. The summed E-state index contributed by atoms with van der Waals surface area (Å²) in [4.78, 5) is 4.47. The monoisotopic (exact) mass is 323 g/mol. The van der Waals surface area contributed by atoms with E-state index in [4.69, 9.17) is 9.31 Å². The molecule has 1 saturated carbocycles. The maximum Gasteiger partial charge on any atom is 0.514 e. The van der Waals surface area contributed by atoms with Crippen LogP contribution in [0, 0.1) is 0 Å². The Morgan fingerprint density at radius 3 is 2.32 bits per heavy atom. The molecule has 0 amide bonds. The van der Waals surface area contributed by atoms with Crippen molar-refractivity contribution in [3.8, 4) is 0 Å². The molecule has 1 aromatic rings. The molecule has 2 fully saturated rings. The number of nitrogens with zero attached hydrogens (tertiary/aromatic N) is 1. The molecular formula is C14H19BBrNO2. The third kappa shape index (κ3) is 2.37. The van der Waals surface area contributed by atoms with Gasteiger partial charge in [-0.15, -0.1) is 0 Å². The first-order chi connectivity index (χ1) is 8.80. The summed E-state index contributed by atoms with van der Waals surface area (Å²) in [5.74, 6) is 0.679. The molecular weight excluding hydrogens is 305 g/mol. The summed E-state index contributed by atoms with van der Waals surface area (Å²) in [7, 11) is -0.365. The largest absolute Gasteiger partial charge is 0.514 e. The van der Waals surface area contributed by atoms with E-state index >= 15 is 0 Å². The molecule has 102 valence electrons. The Balaban J connectivity index is 1.90. The Hall–Kier alpha value is -0.385. The van der Waals surface area contributed by atoms with Crippen LogP contribution in [0.5, 0.6) is 0 Å². The summed E-state index contributed by atoms with van der Waals surface area (Å²) in [6.07, 6.45) is 4.41. The van der Waals surface area contributed by atoms with Crippen LogP contribution in [-0.4, -0.2) is 23.3 Å². The normalized spacial score (nSPS) is 24.8. The highest BCUT2D eigenvalue weighted by atomic mass is 79.9. The van der Waals surface area contributed by atoms with Gasteiger partial charge in [0.1, 0.15) is 0 Å². The van der Waals surface area contributed by atoms with Crippen molar-refractivity contribution < 1.29 is 9.31 Å². The molecule has 1 aliphatic heterocycles. The number of pyridine rings is 1. The molecule has 2 heterocycles. The van der Waals surface area contributed by atoms with Crippen LogP contribution in [0.3, 0.4) is 0 Å². The molecule has 0 N–H and O–H groups in total. The van der Waals surface area contributed by atoms with E-state index in [1.54, 1.807) is 0 Å². The molecule has 0 atom stereocenters. The zero-order valence-corrected chi connectivity index (χ0v) is 13.5. The first-order valence-electron chi connectivity index (χ1n) is 6.81. The summed E-state index contributed by atoms with van der Waals surface area (Å²) in [6, 6.07) is 2.13. The summed E-state index contributed by atoms with van der Waals surface area (Å²) < 4.78 is 13.2. The van der Waals surface area contributed by atoms with Gasteiger partial charge in [-0.3, -0.25) is 4.98 Å². The molecule has 1 aromatic heterocycles. The molecule has 1 saturated heterocycles. The molecule has 0 spiro atoms. The second-order valence-electron chi connectivity index (χ2n) is 6.49. The fraction of sp³-hybridized carbons (Fsp3) is 0.643. The smallest absolute Gasteiger partial charge is 0.398 e. The zero-order chi connectivity index (χ0) is 13.8. The lowest BCUT2D eigenvalue weighted by Gasteiger charge is -2.32. The van der Waals surface area contributed by atoms with E-state index in [-0.39, 0.29) is 18.3 Å². The van der Waals surface area contributed by atoms with Crippen LogP contribution in [0.2, 0.25) is 0 Å². The molecule has 5 heteroatoms. The van der Waals surface area contributed by atoms with Gasteiger partial charge in [-0.1, -0.05) is 0 Å². The maximum absolute atomic E-state index is 6.05. The standard InChI is InChI=1S/C14H19BBrNO2/c1-13(2)14(3,4)19-15(18-13)12-7-10(9-5-6-9)11(16)8-17-12/h7-9H,5-6H2,1-4H3. The third-order valence-corrected chi connectivity index (χ3v) is 5.08. The van der Waals surface area contributed by atoms with Gasteiger partial charge in [-0.25, -0.2) is 0 Å². The average molecular weight is 324 g/mol.